The molecule has 0 amide bonds. The predicted molar refractivity (Wildman–Crippen MR) is 97.7 cm³/mol. The van der Waals surface area contributed by atoms with Crippen molar-refractivity contribution in [1.29, 1.82) is 0 Å². The minimum absolute atomic E-state index is 0. The fourth-order valence-corrected chi connectivity index (χ4v) is 1.45. The maximum absolute atomic E-state index is 10.7. The summed E-state index contributed by atoms with van der Waals surface area (Å²) < 4.78 is 61.0. The molecule has 0 atom stereocenters. The van der Waals surface area contributed by atoms with Gasteiger partial charge < -0.3 is 18.8 Å². The van der Waals surface area contributed by atoms with Crippen LogP contribution in [0, 0.1) is 6.42 Å². The fraction of sp³-hybridized carbons (Fsp3) is 0.462. The summed E-state index contributed by atoms with van der Waals surface area (Å²) in [4.78, 5) is 13.0. The molecular weight excluding hydrogens is 461 g/mol. The number of halogens is 7. The van der Waals surface area contributed by atoms with E-state index in [-0.39, 0.29) is 35.5 Å². The van der Waals surface area contributed by atoms with Crippen molar-refractivity contribution in [2.45, 2.75) is 13.8 Å². The van der Waals surface area contributed by atoms with Gasteiger partial charge in [0, 0.05) is 6.20 Å². The Morgan fingerprint density at radius 2 is 1.59 bits per heavy atom. The Balaban J connectivity index is -0.000000481. The quantitative estimate of drug-likeness (QED) is 0.114. The van der Waals surface area contributed by atoms with E-state index in [0.717, 1.165) is 0 Å². The maximum atomic E-state index is 9.87. The first-order valence-electron chi connectivity index (χ1n) is 7.33. The van der Waals surface area contributed by atoms with Crippen LogP contribution in [0.25, 0.3) is 11.2 Å². The summed E-state index contributed by atoms with van der Waals surface area (Å²) in [6, 6.07) is 4.28. The Bertz CT molecular complexity index is 771. The third kappa shape index (κ3) is 17.5. The molecule has 2 aromatic rings. The molecule has 7 nitrogen and oxygen atoms in total. The van der Waals surface area contributed by atoms with Gasteiger partial charge in [0.05, 0.1) is 28.2 Å². The van der Waals surface area contributed by atoms with Crippen molar-refractivity contribution < 1.29 is 47.0 Å². The van der Waals surface area contributed by atoms with Gasteiger partial charge in [-0.25, -0.2) is 14.5 Å². The summed E-state index contributed by atoms with van der Waals surface area (Å²) in [6.07, 6.45) is 3.68. The topological polar surface area (TPSA) is 59.1 Å². The summed E-state index contributed by atoms with van der Waals surface area (Å²) >= 11 is 0. The van der Waals surface area contributed by atoms with Crippen LogP contribution in [0.4, 0.5) is 25.2 Å². The first-order valence-corrected chi connectivity index (χ1v) is 9.35. The molecule has 0 N–H and O–H groups in total. The van der Waals surface area contributed by atoms with Crippen LogP contribution < -0.4 is 17.2 Å². The zero-order valence-corrected chi connectivity index (χ0v) is 19.8. The minimum atomic E-state index is -10.7. The molecule has 0 unspecified atom stereocenters. The minimum Gasteiger partial charge on any atom is -1.00 e. The van der Waals surface area contributed by atoms with Crippen LogP contribution >= 0.6 is 7.81 Å². The largest absolute Gasteiger partial charge is 2.00 e. The number of rotatable bonds is 1. The average Bonchev–Trinajstić information content (AvgIpc) is 2.84. The number of hydrogen-bond donors (Lipinski definition) is 0. The van der Waals surface area contributed by atoms with Crippen LogP contribution in [0.2, 0.25) is 0 Å². The van der Waals surface area contributed by atoms with Crippen LogP contribution in [-0.4, -0.2) is 86.9 Å². The van der Waals surface area contributed by atoms with Crippen LogP contribution in [0.3, 0.4) is 0 Å². The van der Waals surface area contributed by atoms with Gasteiger partial charge in [-0.15, -0.1) is 5.10 Å². The molecule has 0 spiro atoms. The van der Waals surface area contributed by atoms with Gasteiger partial charge >= 0.3 is 62.1 Å². The third-order valence-electron chi connectivity index (χ3n) is 2.11. The number of fused-ring (bicyclic) bond motifs is 1. The average molecular weight is 483 g/mol. The number of pyridine rings is 1. The molecule has 0 aliphatic heterocycles. The maximum Gasteiger partial charge on any atom is 2.00 e. The van der Waals surface area contributed by atoms with Crippen molar-refractivity contribution in [3.05, 3.63) is 24.8 Å². The molecule has 0 saturated carbocycles. The molecule has 0 aliphatic carbocycles. The smallest absolute Gasteiger partial charge is 1.00 e. The van der Waals surface area contributed by atoms with Gasteiger partial charge in [0.15, 0.2) is 0 Å². The van der Waals surface area contributed by atoms with Gasteiger partial charge in [0.1, 0.15) is 5.52 Å². The van der Waals surface area contributed by atoms with E-state index in [1.54, 1.807) is 6.20 Å². The van der Waals surface area contributed by atoms with Crippen molar-refractivity contribution in [2.75, 3.05) is 28.2 Å². The van der Waals surface area contributed by atoms with E-state index in [1.807, 2.05) is 70.1 Å². The van der Waals surface area contributed by atoms with Crippen LogP contribution in [0.15, 0.2) is 18.3 Å². The molecule has 2 rings (SSSR count). The second-order valence-electron chi connectivity index (χ2n) is 5.51. The molecule has 0 saturated heterocycles. The van der Waals surface area contributed by atoms with Crippen molar-refractivity contribution in [3.8, 4) is 0 Å². The molecule has 16 heteroatoms. The van der Waals surface area contributed by atoms with Gasteiger partial charge in [0.25, 0.3) is 0 Å². The second kappa shape index (κ2) is 11.3. The first kappa shape index (κ1) is 32.5. The summed E-state index contributed by atoms with van der Waals surface area (Å²) in [6.45, 7) is 4.00. The molecule has 0 fully saturated rings. The standard InChI is InChI=1S/C10H15N6O.C3H7.ClH.F6P.Mg/c1-14(2)10(15(3)4)17-16-9-8(12-13-16)6-5-7-11-9;1-3-2;;1-7(2,3,4,5)6;/h5-7H,1-4H3;3H,1-2H3;1H;;/q+1;-1;;-1;+2/p-1. The van der Waals surface area contributed by atoms with E-state index >= 15 is 0 Å². The van der Waals surface area contributed by atoms with Gasteiger partial charge in [-0.05, 0) is 22.2 Å². The number of aromatic nitrogens is 4. The zero-order valence-electron chi connectivity index (χ0n) is 16.7. The molecular formula is C13H22ClF6MgN6OP. The van der Waals surface area contributed by atoms with Gasteiger partial charge in [-0.2, -0.15) is 13.8 Å². The van der Waals surface area contributed by atoms with Crippen molar-refractivity contribution in [1.82, 2.24) is 25.0 Å². The van der Waals surface area contributed by atoms with Gasteiger partial charge in [0.2, 0.25) is 5.65 Å². The van der Waals surface area contributed by atoms with E-state index in [9.17, 15) is 25.2 Å². The molecule has 2 heterocycles. The Kier molecular flexibility index (Phi) is 12.7. The summed E-state index contributed by atoms with van der Waals surface area (Å²) in [7, 11) is -3.09. The van der Waals surface area contributed by atoms with E-state index in [2.05, 4.69) is 15.3 Å². The molecule has 29 heavy (non-hydrogen) atoms. The molecule has 166 valence electrons. The molecule has 0 bridgehead atoms. The van der Waals surface area contributed by atoms with E-state index in [4.69, 9.17) is 4.84 Å². The van der Waals surface area contributed by atoms with Gasteiger partial charge in [-0.1, -0.05) is 0 Å². The normalized spacial score (nSPS) is 12.3. The van der Waals surface area contributed by atoms with E-state index < -0.39 is 7.81 Å². The monoisotopic (exact) mass is 482 g/mol. The molecule has 0 aliphatic rings. The Labute approximate surface area is 186 Å². The van der Waals surface area contributed by atoms with Crippen LogP contribution in [-0.2, 0) is 0 Å². The van der Waals surface area contributed by atoms with E-state index in [0.29, 0.717) is 17.2 Å². The third-order valence-corrected chi connectivity index (χ3v) is 2.11. The van der Waals surface area contributed by atoms with E-state index in [1.165, 1.54) is 4.85 Å². The van der Waals surface area contributed by atoms with Crippen molar-refractivity contribution in [3.63, 3.8) is 0 Å². The predicted octanol–water partition coefficient (Wildman–Crippen LogP) is 0.681. The fourth-order valence-electron chi connectivity index (χ4n) is 1.45. The summed E-state index contributed by atoms with van der Waals surface area (Å²) in [5.41, 5.74) is 1.29. The van der Waals surface area contributed by atoms with Gasteiger partial charge in [-0.3, -0.25) is 4.84 Å². The Morgan fingerprint density at radius 3 is 1.97 bits per heavy atom. The van der Waals surface area contributed by atoms with Crippen LogP contribution in [0.1, 0.15) is 13.8 Å². The molecule has 0 radical (unpaired) electrons. The zero-order chi connectivity index (χ0) is 21.5. The molecule has 0 aromatic carbocycles. The molecule has 2 aromatic heterocycles. The second-order valence-corrected chi connectivity index (χ2v) is 7.42. The van der Waals surface area contributed by atoms with Crippen molar-refractivity contribution in [2.24, 2.45) is 0 Å². The number of hydrogen-bond acceptors (Lipinski definition) is 4. The van der Waals surface area contributed by atoms with Crippen LogP contribution in [0.5, 0.6) is 0 Å². The SMILES string of the molecule is CN(C)C(On1nnc2cccnc21)=[N+](C)C.C[CH-]C.F[P-](F)(F)(F)(F)F.[Cl-].[Mg+2]. The summed E-state index contributed by atoms with van der Waals surface area (Å²) in [5, 5.41) is 7.87. The van der Waals surface area contributed by atoms with Crippen molar-refractivity contribution >= 4 is 48.0 Å². The first-order chi connectivity index (χ1) is 12.0. The Hall–Kier alpha value is -1.11. The number of amidine groups is 1. The summed E-state index contributed by atoms with van der Waals surface area (Å²) in [5.74, 6) is 0. The number of nitrogens with zero attached hydrogens (tertiary/aromatic N) is 6. The Morgan fingerprint density at radius 1 is 1.14 bits per heavy atom.